The van der Waals surface area contributed by atoms with Crippen LogP contribution in [0.2, 0.25) is 0 Å². The summed E-state index contributed by atoms with van der Waals surface area (Å²) >= 11 is 0. The van der Waals surface area contributed by atoms with Crippen LogP contribution in [0, 0.1) is 0 Å². The Morgan fingerprint density at radius 2 is 0.820 bits per heavy atom. The summed E-state index contributed by atoms with van der Waals surface area (Å²) in [5, 5.41) is 9.80. The van der Waals surface area contributed by atoms with Crippen molar-refractivity contribution >= 4 is 87.2 Å². The monoisotopic (exact) mass is 776 g/mol. The molecule has 0 atom stereocenters. The number of benzene rings is 9. The zero-order valence-electron chi connectivity index (χ0n) is 32.7. The zero-order valence-corrected chi connectivity index (χ0v) is 32.7. The molecule has 0 N–H and O–H groups in total. The molecule has 5 heterocycles. The van der Waals surface area contributed by atoms with Crippen LogP contribution in [0.15, 0.2) is 194 Å². The van der Waals surface area contributed by atoms with Gasteiger partial charge < -0.3 is 13.4 Å². The summed E-state index contributed by atoms with van der Waals surface area (Å²) in [5.74, 6) is 1.92. The number of para-hydroxylation sites is 3. The number of fused-ring (bicyclic) bond motifs is 9. The van der Waals surface area contributed by atoms with Crippen LogP contribution in [0.1, 0.15) is 0 Å². The second-order valence-electron chi connectivity index (χ2n) is 16.0. The molecule has 0 amide bonds. The fourth-order valence-electron chi connectivity index (χ4n) is 10.2. The minimum Gasteiger partial charge on any atom is -0.309 e. The molecular formula is C55H32N6. The quantitative estimate of drug-likeness (QED) is 0.179. The molecule has 0 bridgehead atoms. The largest absolute Gasteiger partial charge is 0.309 e. The van der Waals surface area contributed by atoms with E-state index in [1.165, 1.54) is 70.8 Å². The highest BCUT2D eigenvalue weighted by molar-refractivity contribution is 6.31. The second kappa shape index (κ2) is 12.1. The summed E-state index contributed by atoms with van der Waals surface area (Å²) < 4.78 is 7.46. The third-order valence-corrected chi connectivity index (χ3v) is 12.8. The smallest absolute Gasteiger partial charge is 0.164 e. The van der Waals surface area contributed by atoms with Gasteiger partial charge in [-0.15, -0.1) is 0 Å². The van der Waals surface area contributed by atoms with E-state index in [0.29, 0.717) is 17.5 Å². The van der Waals surface area contributed by atoms with Crippen molar-refractivity contribution in [2.24, 2.45) is 0 Å². The van der Waals surface area contributed by atoms with Gasteiger partial charge in [0.05, 0.1) is 44.1 Å². The Hall–Kier alpha value is -8.35. The van der Waals surface area contributed by atoms with Gasteiger partial charge in [-0.3, -0.25) is 0 Å². The van der Waals surface area contributed by atoms with Crippen LogP contribution in [0.4, 0.5) is 0 Å². The molecule has 0 aliphatic rings. The van der Waals surface area contributed by atoms with Crippen LogP contribution >= 0.6 is 0 Å². The molecule has 0 saturated carbocycles. The van der Waals surface area contributed by atoms with E-state index in [1.54, 1.807) is 0 Å². The maximum atomic E-state index is 5.12. The van der Waals surface area contributed by atoms with Gasteiger partial charge in [0.25, 0.3) is 0 Å². The lowest BCUT2D eigenvalue weighted by atomic mass is 10.1. The molecule has 282 valence electrons. The van der Waals surface area contributed by atoms with Gasteiger partial charge in [-0.25, -0.2) is 15.0 Å². The van der Waals surface area contributed by atoms with Gasteiger partial charge in [0.2, 0.25) is 0 Å². The maximum Gasteiger partial charge on any atom is 0.164 e. The molecule has 0 saturated heterocycles. The summed E-state index contributed by atoms with van der Waals surface area (Å²) in [6, 6.07) is 69.5. The highest BCUT2D eigenvalue weighted by atomic mass is 15.0. The minimum absolute atomic E-state index is 0.631. The molecule has 0 radical (unpaired) electrons. The summed E-state index contributed by atoms with van der Waals surface area (Å²) in [6.07, 6.45) is 0. The fraction of sp³-hybridized carbons (Fsp3) is 0. The van der Waals surface area contributed by atoms with E-state index in [4.69, 9.17) is 15.0 Å². The van der Waals surface area contributed by atoms with Gasteiger partial charge in [-0.2, -0.15) is 0 Å². The fourth-order valence-corrected chi connectivity index (χ4v) is 10.2. The lowest BCUT2D eigenvalue weighted by Gasteiger charge is -2.11. The Morgan fingerprint density at radius 3 is 1.59 bits per heavy atom. The third kappa shape index (κ3) is 4.48. The molecule has 6 heteroatoms. The lowest BCUT2D eigenvalue weighted by Crippen LogP contribution is -2.00. The van der Waals surface area contributed by atoms with Crippen molar-refractivity contribution in [3.8, 4) is 39.9 Å². The zero-order chi connectivity index (χ0) is 39.8. The maximum absolute atomic E-state index is 5.12. The summed E-state index contributed by atoms with van der Waals surface area (Å²) in [7, 11) is 0. The molecule has 14 aromatic rings. The number of rotatable bonds is 4. The molecule has 0 spiro atoms. The van der Waals surface area contributed by atoms with Crippen molar-refractivity contribution in [2.75, 3.05) is 0 Å². The first-order valence-corrected chi connectivity index (χ1v) is 20.7. The SMILES string of the molecule is c1ccc(-c2nc(-c3ccc(-n4c5cccc6c5c5c4ccc4c7ccccc7n(c7cccc8c9ccccc9n6c87)c45)cc3)nc(-c3ccc4ccccc4c3)n2)cc1. The van der Waals surface area contributed by atoms with E-state index in [-0.39, 0.29) is 0 Å². The highest BCUT2D eigenvalue weighted by Gasteiger charge is 2.24. The van der Waals surface area contributed by atoms with Gasteiger partial charge in [-0.05, 0) is 77.5 Å². The number of nitrogens with zero attached hydrogens (tertiary/aromatic N) is 6. The van der Waals surface area contributed by atoms with E-state index in [1.807, 2.05) is 18.2 Å². The average Bonchev–Trinajstić information content (AvgIpc) is 3.97. The van der Waals surface area contributed by atoms with Crippen molar-refractivity contribution in [2.45, 2.75) is 0 Å². The topological polar surface area (TPSA) is 52.4 Å². The van der Waals surface area contributed by atoms with Gasteiger partial charge in [0, 0.05) is 54.7 Å². The first-order valence-electron chi connectivity index (χ1n) is 20.7. The molecule has 0 unspecified atom stereocenters. The normalized spacial score (nSPS) is 12.3. The molecule has 6 nitrogen and oxygen atoms in total. The Bertz CT molecular complexity index is 4100. The molecule has 61 heavy (non-hydrogen) atoms. The molecule has 0 aliphatic heterocycles. The predicted molar refractivity (Wildman–Crippen MR) is 251 cm³/mol. The van der Waals surface area contributed by atoms with Crippen molar-refractivity contribution in [1.29, 1.82) is 0 Å². The summed E-state index contributed by atoms with van der Waals surface area (Å²) in [4.78, 5) is 15.2. The van der Waals surface area contributed by atoms with E-state index in [9.17, 15) is 0 Å². The van der Waals surface area contributed by atoms with Crippen LogP contribution in [0.3, 0.4) is 0 Å². The highest BCUT2D eigenvalue weighted by Crippen LogP contribution is 2.45. The van der Waals surface area contributed by atoms with Crippen molar-refractivity contribution < 1.29 is 0 Å². The molecule has 9 aromatic carbocycles. The number of aromatic nitrogens is 6. The molecule has 0 aliphatic carbocycles. The molecule has 14 rings (SSSR count). The van der Waals surface area contributed by atoms with Crippen molar-refractivity contribution in [3.05, 3.63) is 194 Å². The van der Waals surface area contributed by atoms with Crippen molar-refractivity contribution in [3.63, 3.8) is 0 Å². The van der Waals surface area contributed by atoms with Gasteiger partial charge in [0.1, 0.15) is 0 Å². The molecule has 0 fully saturated rings. The Morgan fingerprint density at radius 1 is 0.295 bits per heavy atom. The summed E-state index contributed by atoms with van der Waals surface area (Å²) in [5.41, 5.74) is 13.4. The Balaban J connectivity index is 1.04. The van der Waals surface area contributed by atoms with E-state index < -0.39 is 0 Å². The first kappa shape index (κ1) is 32.6. The molecular weight excluding hydrogens is 745 g/mol. The van der Waals surface area contributed by atoms with Crippen LogP contribution in [0.25, 0.3) is 127 Å². The Kier molecular flexibility index (Phi) is 6.46. The number of hydrogen-bond donors (Lipinski definition) is 0. The number of hydrogen-bond acceptors (Lipinski definition) is 3. The lowest BCUT2D eigenvalue weighted by molar-refractivity contribution is 1.07. The summed E-state index contributed by atoms with van der Waals surface area (Å²) in [6.45, 7) is 0. The first-order chi connectivity index (χ1) is 30.3. The van der Waals surface area contributed by atoms with E-state index >= 15 is 0 Å². The van der Waals surface area contributed by atoms with E-state index in [0.717, 1.165) is 38.8 Å². The van der Waals surface area contributed by atoms with Gasteiger partial charge in [0.15, 0.2) is 17.5 Å². The van der Waals surface area contributed by atoms with Crippen LogP contribution in [-0.4, -0.2) is 28.3 Å². The minimum atomic E-state index is 0.631. The standard InChI is InChI=1S/C55H32N6/c1-2-13-34(14-3-1)53-56-54(58-55(57-53)37-25-24-33-12-4-5-15-36(33)32-37)35-26-28-38(29-27-35)59-45-21-11-22-46-49(45)50-47(59)31-30-42-40-17-7-9-20-44(40)61(52(42)50)48-23-10-18-41-39-16-6-8-19-43(39)60(46)51(41)48/h1-32H. The van der Waals surface area contributed by atoms with Gasteiger partial charge >= 0.3 is 0 Å². The average molecular weight is 777 g/mol. The van der Waals surface area contributed by atoms with Crippen LogP contribution in [0.5, 0.6) is 0 Å². The molecule has 5 aromatic heterocycles. The van der Waals surface area contributed by atoms with Crippen molar-refractivity contribution in [1.82, 2.24) is 28.3 Å². The Labute approximate surface area is 348 Å². The van der Waals surface area contributed by atoms with Crippen LogP contribution < -0.4 is 0 Å². The second-order valence-corrected chi connectivity index (χ2v) is 16.0. The van der Waals surface area contributed by atoms with Gasteiger partial charge in [-0.1, -0.05) is 127 Å². The van der Waals surface area contributed by atoms with Crippen LogP contribution in [-0.2, 0) is 0 Å². The third-order valence-electron chi connectivity index (χ3n) is 12.8. The van der Waals surface area contributed by atoms with E-state index in [2.05, 4.69) is 189 Å². The predicted octanol–water partition coefficient (Wildman–Crippen LogP) is 13.7.